The van der Waals surface area contributed by atoms with E-state index < -0.39 is 0 Å². The van der Waals surface area contributed by atoms with Crippen molar-refractivity contribution >= 4 is 73.8 Å². The molecule has 4 rings (SSSR count). The molecular weight excluding hydrogens is 403 g/mol. The van der Waals surface area contributed by atoms with E-state index in [4.69, 9.17) is 35.4 Å². The lowest BCUT2D eigenvalue weighted by molar-refractivity contribution is 1.35. The molecule has 2 nitrogen and oxygen atoms in total. The van der Waals surface area contributed by atoms with Crippen molar-refractivity contribution in [3.63, 3.8) is 0 Å². The average Bonchev–Trinajstić information content (AvgIpc) is 3.08. The molecule has 0 spiro atoms. The van der Waals surface area contributed by atoms with Gasteiger partial charge in [0.15, 0.2) is 0 Å². The zero-order valence-electron chi connectivity index (χ0n) is 13.4. The first kappa shape index (κ1) is 17.4. The van der Waals surface area contributed by atoms with E-state index in [9.17, 15) is 0 Å². The first-order chi connectivity index (χ1) is 12.6. The number of fused-ring (bicyclic) bond motifs is 1. The highest BCUT2D eigenvalue weighted by atomic mass is 35.5. The second-order valence-electron chi connectivity index (χ2n) is 5.65. The predicted octanol–water partition coefficient (Wildman–Crippen LogP) is 7.11. The van der Waals surface area contributed by atoms with Crippen LogP contribution in [0.5, 0.6) is 0 Å². The Morgan fingerprint density at radius 1 is 1.00 bits per heavy atom. The molecule has 26 heavy (non-hydrogen) atoms. The summed E-state index contributed by atoms with van der Waals surface area (Å²) in [6.07, 6.45) is 3.65. The maximum absolute atomic E-state index is 6.50. The number of nitrogens with zero attached hydrogens (tertiary/aromatic N) is 1. The second-order valence-corrected chi connectivity index (χ2v) is 7.79. The van der Waals surface area contributed by atoms with Gasteiger partial charge in [-0.25, -0.2) is 0 Å². The number of nitrogens with one attached hydrogen (secondary N) is 1. The number of rotatable bonds is 4. The van der Waals surface area contributed by atoms with Gasteiger partial charge in [-0.05, 0) is 29.6 Å². The monoisotopic (exact) mass is 414 g/mol. The van der Waals surface area contributed by atoms with E-state index in [-0.39, 0.29) is 0 Å². The van der Waals surface area contributed by atoms with Crippen LogP contribution in [0.3, 0.4) is 0 Å². The van der Waals surface area contributed by atoms with Crippen LogP contribution >= 0.6 is 46.8 Å². The lowest BCUT2D eigenvalue weighted by Gasteiger charge is -2.12. The Bertz CT molecular complexity index is 1120. The molecule has 2 heterocycles. The van der Waals surface area contributed by atoms with E-state index >= 15 is 0 Å². The van der Waals surface area contributed by atoms with E-state index in [0.29, 0.717) is 14.9 Å². The third kappa shape index (κ3) is 3.33. The summed E-state index contributed by atoms with van der Waals surface area (Å²) < 4.78 is 0. The molecule has 0 atom stereocenters. The van der Waals surface area contributed by atoms with Gasteiger partial charge < -0.3 is 5.32 Å². The standard InChI is InChI=1S/C20H12Cl2N2S2/c21-16-7-8-26-20(16)19(25)15-6-5-13(9-17(15)22)24-18-11-23-10-12-3-1-2-4-14(12)18/h1-11,24H. The molecule has 2 aromatic carbocycles. The van der Waals surface area contributed by atoms with Gasteiger partial charge in [-0.2, -0.15) is 0 Å². The molecule has 0 radical (unpaired) electrons. The molecule has 0 unspecified atom stereocenters. The van der Waals surface area contributed by atoms with Gasteiger partial charge in [0.05, 0.1) is 31.7 Å². The smallest absolute Gasteiger partial charge is 0.0651 e. The lowest BCUT2D eigenvalue weighted by Crippen LogP contribution is -2.00. The molecule has 128 valence electrons. The summed E-state index contributed by atoms with van der Waals surface area (Å²) in [7, 11) is 0. The summed E-state index contributed by atoms with van der Waals surface area (Å²) in [4.78, 5) is 5.82. The van der Waals surface area contributed by atoms with Gasteiger partial charge in [0.25, 0.3) is 0 Å². The zero-order chi connectivity index (χ0) is 18.1. The van der Waals surface area contributed by atoms with Crippen molar-refractivity contribution in [2.24, 2.45) is 0 Å². The van der Waals surface area contributed by atoms with Crippen molar-refractivity contribution in [1.82, 2.24) is 4.98 Å². The van der Waals surface area contributed by atoms with Gasteiger partial charge in [-0.1, -0.05) is 59.7 Å². The Labute approximate surface area is 170 Å². The van der Waals surface area contributed by atoms with E-state index in [1.807, 2.05) is 54.0 Å². The number of pyridine rings is 1. The van der Waals surface area contributed by atoms with E-state index in [1.165, 1.54) is 11.3 Å². The summed E-state index contributed by atoms with van der Waals surface area (Å²) in [5, 5.41) is 8.72. The summed E-state index contributed by atoms with van der Waals surface area (Å²) in [5.74, 6) is 0. The fourth-order valence-electron chi connectivity index (χ4n) is 2.73. The van der Waals surface area contributed by atoms with Crippen LogP contribution in [0.15, 0.2) is 66.3 Å². The molecule has 6 heteroatoms. The average molecular weight is 415 g/mol. The summed E-state index contributed by atoms with van der Waals surface area (Å²) in [6.45, 7) is 0. The topological polar surface area (TPSA) is 24.9 Å². The highest BCUT2D eigenvalue weighted by Crippen LogP contribution is 2.32. The minimum absolute atomic E-state index is 0.581. The molecule has 0 bridgehead atoms. The van der Waals surface area contributed by atoms with Crippen molar-refractivity contribution in [3.05, 3.63) is 86.8 Å². The van der Waals surface area contributed by atoms with Crippen LogP contribution in [0.4, 0.5) is 11.4 Å². The third-order valence-corrected chi connectivity index (χ3v) is 6.21. The number of hydrogen-bond acceptors (Lipinski definition) is 4. The molecule has 0 amide bonds. The summed E-state index contributed by atoms with van der Waals surface area (Å²) >= 11 is 19.8. The number of anilines is 2. The van der Waals surface area contributed by atoms with Crippen LogP contribution in [0.2, 0.25) is 10.0 Å². The quantitative estimate of drug-likeness (QED) is 0.284. The Morgan fingerprint density at radius 2 is 1.85 bits per heavy atom. The van der Waals surface area contributed by atoms with Crippen molar-refractivity contribution in [2.75, 3.05) is 5.32 Å². The van der Waals surface area contributed by atoms with E-state index in [2.05, 4.69) is 16.4 Å². The largest absolute Gasteiger partial charge is 0.354 e. The van der Waals surface area contributed by atoms with Gasteiger partial charge in [0.1, 0.15) is 0 Å². The molecule has 0 aliphatic rings. The van der Waals surface area contributed by atoms with Crippen LogP contribution in [-0.2, 0) is 0 Å². The number of aromatic nitrogens is 1. The third-order valence-electron chi connectivity index (χ3n) is 3.98. The van der Waals surface area contributed by atoms with Crippen LogP contribution in [0.25, 0.3) is 10.8 Å². The molecule has 1 N–H and O–H groups in total. The number of halogens is 2. The van der Waals surface area contributed by atoms with Gasteiger partial charge >= 0.3 is 0 Å². The first-order valence-electron chi connectivity index (χ1n) is 7.80. The number of hydrogen-bond donors (Lipinski definition) is 1. The molecule has 0 fully saturated rings. The van der Waals surface area contributed by atoms with Gasteiger partial charge in [0, 0.05) is 28.2 Å². The molecule has 0 saturated carbocycles. The Hall–Kier alpha value is -1.98. The maximum atomic E-state index is 6.50. The van der Waals surface area contributed by atoms with Gasteiger partial charge in [-0.3, -0.25) is 4.98 Å². The lowest BCUT2D eigenvalue weighted by atomic mass is 10.1. The Morgan fingerprint density at radius 3 is 2.62 bits per heavy atom. The minimum Gasteiger partial charge on any atom is -0.354 e. The maximum Gasteiger partial charge on any atom is 0.0651 e. The number of thiophene rings is 1. The van der Waals surface area contributed by atoms with E-state index in [0.717, 1.165) is 32.6 Å². The second kappa shape index (κ2) is 7.33. The fraction of sp³-hybridized carbons (Fsp3) is 0. The van der Waals surface area contributed by atoms with Crippen molar-refractivity contribution in [1.29, 1.82) is 0 Å². The predicted molar refractivity (Wildman–Crippen MR) is 117 cm³/mol. The van der Waals surface area contributed by atoms with Crippen LogP contribution in [0, 0.1) is 0 Å². The zero-order valence-corrected chi connectivity index (χ0v) is 16.5. The highest BCUT2D eigenvalue weighted by molar-refractivity contribution is 7.81. The Balaban J connectivity index is 1.66. The molecule has 2 aromatic heterocycles. The molecule has 4 aromatic rings. The first-order valence-corrected chi connectivity index (χ1v) is 9.85. The minimum atomic E-state index is 0.581. The summed E-state index contributed by atoms with van der Waals surface area (Å²) in [6, 6.07) is 15.7. The van der Waals surface area contributed by atoms with Gasteiger partial charge in [-0.15, -0.1) is 11.3 Å². The van der Waals surface area contributed by atoms with Crippen LogP contribution in [0.1, 0.15) is 10.4 Å². The van der Waals surface area contributed by atoms with Crippen LogP contribution < -0.4 is 5.32 Å². The molecular formula is C20H12Cl2N2S2. The summed E-state index contributed by atoms with van der Waals surface area (Å²) in [5.41, 5.74) is 2.60. The van der Waals surface area contributed by atoms with Gasteiger partial charge in [0.2, 0.25) is 0 Å². The highest BCUT2D eigenvalue weighted by Gasteiger charge is 2.14. The fourth-order valence-corrected chi connectivity index (χ4v) is 4.65. The van der Waals surface area contributed by atoms with Crippen molar-refractivity contribution in [2.45, 2.75) is 0 Å². The van der Waals surface area contributed by atoms with Crippen molar-refractivity contribution < 1.29 is 0 Å². The SMILES string of the molecule is S=C(c1ccc(Nc2cncc3ccccc23)cc1Cl)c1sccc1Cl. The number of thiocarbonyl (C=S) groups is 1. The molecule has 0 saturated heterocycles. The van der Waals surface area contributed by atoms with Crippen LogP contribution in [-0.4, -0.2) is 9.85 Å². The van der Waals surface area contributed by atoms with Crippen molar-refractivity contribution in [3.8, 4) is 0 Å². The number of benzene rings is 2. The molecule has 0 aliphatic heterocycles. The normalized spacial score (nSPS) is 10.8. The van der Waals surface area contributed by atoms with E-state index in [1.54, 1.807) is 6.20 Å². The molecule has 0 aliphatic carbocycles. The Kier molecular flexibility index (Phi) is 4.92.